The number of hydrogen-bond acceptors (Lipinski definition) is 3. The van der Waals surface area contributed by atoms with Gasteiger partial charge in [-0.15, -0.1) is 0 Å². The third-order valence-corrected chi connectivity index (χ3v) is 3.02. The molecule has 2 rings (SSSR count). The van der Waals surface area contributed by atoms with Crippen LogP contribution in [0.2, 0.25) is 0 Å². The zero-order valence-electron chi connectivity index (χ0n) is 9.60. The fourth-order valence-electron chi connectivity index (χ4n) is 2.17. The molecule has 1 aromatic rings. The normalized spacial score (nSPS) is 22.8. The summed E-state index contributed by atoms with van der Waals surface area (Å²) in [6.07, 6.45) is -0.618. The van der Waals surface area contributed by atoms with Crippen LogP contribution in [0.1, 0.15) is 17.5 Å². The molecule has 0 spiro atoms. The van der Waals surface area contributed by atoms with Gasteiger partial charge in [-0.05, 0) is 13.0 Å². The highest BCUT2D eigenvalue weighted by atomic mass is 16.4. The number of carboxylic acids is 1. The average Bonchev–Trinajstić information content (AvgIpc) is 2.41. The van der Waals surface area contributed by atoms with E-state index in [1.807, 2.05) is 13.0 Å². The molecule has 0 bridgehead atoms. The van der Waals surface area contributed by atoms with Crippen molar-refractivity contribution in [3.8, 4) is 0 Å². The number of aryl methyl sites for hydroxylation is 1. The second-order valence-electron chi connectivity index (χ2n) is 4.32. The lowest BCUT2D eigenvalue weighted by atomic mass is 9.91. The summed E-state index contributed by atoms with van der Waals surface area (Å²) >= 11 is 0. The summed E-state index contributed by atoms with van der Waals surface area (Å²) in [5, 5.41) is 19.1. The van der Waals surface area contributed by atoms with Crippen LogP contribution < -0.4 is 4.90 Å². The Balaban J connectivity index is 2.60. The van der Waals surface area contributed by atoms with E-state index in [4.69, 9.17) is 5.11 Å². The Kier molecular flexibility index (Phi) is 2.43. The van der Waals surface area contributed by atoms with E-state index in [0.717, 1.165) is 5.56 Å². The molecule has 0 aromatic heterocycles. The number of rotatable bonds is 2. The summed E-state index contributed by atoms with van der Waals surface area (Å²) in [6.45, 7) is 1.82. The number of carbonyl (C=O) groups excluding carboxylic acids is 1. The fraction of sp³-hybridized carbons (Fsp3) is 0.333. The Hall–Kier alpha value is -1.88. The van der Waals surface area contributed by atoms with Gasteiger partial charge in [-0.25, -0.2) is 0 Å². The fourth-order valence-corrected chi connectivity index (χ4v) is 2.17. The lowest BCUT2D eigenvalue weighted by molar-refractivity contribution is -0.150. The summed E-state index contributed by atoms with van der Waals surface area (Å²) in [5.74, 6) is -1.80. The highest BCUT2D eigenvalue weighted by Gasteiger charge is 2.49. The summed E-state index contributed by atoms with van der Waals surface area (Å²) < 4.78 is 0. The number of benzene rings is 1. The third kappa shape index (κ3) is 1.59. The minimum atomic E-state index is -1.94. The quantitative estimate of drug-likeness (QED) is 0.788. The minimum absolute atomic E-state index is 0.368. The summed E-state index contributed by atoms with van der Waals surface area (Å²) in [5.41, 5.74) is -0.144. The number of nitrogens with zero attached hydrogens (tertiary/aromatic N) is 1. The van der Waals surface area contributed by atoms with Crippen LogP contribution in [-0.2, 0) is 15.2 Å². The number of carbonyl (C=O) groups is 2. The minimum Gasteiger partial charge on any atom is -0.481 e. The van der Waals surface area contributed by atoms with Crippen molar-refractivity contribution in [2.45, 2.75) is 18.9 Å². The molecule has 1 atom stereocenters. The molecule has 1 amide bonds. The molecular formula is C12H13NO4. The summed E-state index contributed by atoms with van der Waals surface area (Å²) in [7, 11) is 1.52. The van der Waals surface area contributed by atoms with Gasteiger partial charge < -0.3 is 15.1 Å². The molecule has 90 valence electrons. The maximum atomic E-state index is 11.9. The van der Waals surface area contributed by atoms with Gasteiger partial charge in [0, 0.05) is 12.6 Å². The number of carboxylic acid groups (broad SMARTS) is 1. The van der Waals surface area contributed by atoms with Gasteiger partial charge in [0.1, 0.15) is 0 Å². The number of anilines is 1. The van der Waals surface area contributed by atoms with Crippen molar-refractivity contribution in [2.75, 3.05) is 11.9 Å². The van der Waals surface area contributed by atoms with Crippen LogP contribution in [-0.4, -0.2) is 29.1 Å². The van der Waals surface area contributed by atoms with Crippen molar-refractivity contribution in [1.29, 1.82) is 0 Å². The van der Waals surface area contributed by atoms with Crippen LogP contribution in [0.5, 0.6) is 0 Å². The predicted octanol–water partition coefficient (Wildman–Crippen LogP) is 0.634. The van der Waals surface area contributed by atoms with Gasteiger partial charge in [0.25, 0.3) is 5.91 Å². The van der Waals surface area contributed by atoms with Crippen molar-refractivity contribution in [2.24, 2.45) is 0 Å². The molecule has 5 nitrogen and oxygen atoms in total. The van der Waals surface area contributed by atoms with Crippen LogP contribution in [0, 0.1) is 6.92 Å². The number of likely N-dealkylation sites (N-methyl/N-ethyl adjacent to an activating group) is 1. The van der Waals surface area contributed by atoms with Crippen LogP contribution in [0.15, 0.2) is 18.2 Å². The zero-order chi connectivity index (χ0) is 12.8. The first kappa shape index (κ1) is 11.6. The first-order chi connectivity index (χ1) is 7.86. The number of aliphatic hydroxyl groups is 1. The summed E-state index contributed by atoms with van der Waals surface area (Å²) in [4.78, 5) is 24.0. The van der Waals surface area contributed by atoms with Crippen molar-refractivity contribution in [1.82, 2.24) is 0 Å². The predicted molar refractivity (Wildman–Crippen MR) is 60.7 cm³/mol. The van der Waals surface area contributed by atoms with E-state index in [1.54, 1.807) is 12.1 Å². The Labute approximate surface area is 98.3 Å². The highest BCUT2D eigenvalue weighted by Crippen LogP contribution is 2.41. The van der Waals surface area contributed by atoms with E-state index < -0.39 is 23.9 Å². The van der Waals surface area contributed by atoms with Crippen molar-refractivity contribution in [3.05, 3.63) is 29.3 Å². The second-order valence-corrected chi connectivity index (χ2v) is 4.32. The Morgan fingerprint density at radius 1 is 1.47 bits per heavy atom. The highest BCUT2D eigenvalue weighted by molar-refractivity contribution is 6.08. The van der Waals surface area contributed by atoms with Gasteiger partial charge in [0.2, 0.25) is 0 Å². The molecule has 1 aromatic carbocycles. The van der Waals surface area contributed by atoms with Gasteiger partial charge >= 0.3 is 5.97 Å². The smallest absolute Gasteiger partial charge is 0.307 e. The first-order valence-electron chi connectivity index (χ1n) is 5.20. The van der Waals surface area contributed by atoms with E-state index in [2.05, 4.69) is 0 Å². The summed E-state index contributed by atoms with van der Waals surface area (Å²) in [6, 6.07) is 5.18. The van der Waals surface area contributed by atoms with E-state index in [-0.39, 0.29) is 0 Å². The Morgan fingerprint density at radius 3 is 2.71 bits per heavy atom. The molecule has 0 saturated carbocycles. The van der Waals surface area contributed by atoms with Gasteiger partial charge in [-0.1, -0.05) is 17.7 Å². The number of amides is 1. The van der Waals surface area contributed by atoms with Gasteiger partial charge in [0.05, 0.1) is 12.1 Å². The molecule has 0 aliphatic carbocycles. The average molecular weight is 235 g/mol. The number of aliphatic carboxylic acids is 1. The molecular weight excluding hydrogens is 222 g/mol. The molecule has 1 heterocycles. The third-order valence-electron chi connectivity index (χ3n) is 3.02. The molecule has 5 heteroatoms. The van der Waals surface area contributed by atoms with E-state index in [1.165, 1.54) is 11.9 Å². The monoisotopic (exact) mass is 235 g/mol. The molecule has 0 fully saturated rings. The standard InChI is InChI=1S/C12H13NO4/c1-7-3-4-9-8(5-7)12(17,6-10(14)15)11(16)13(9)2/h3-5,17H,6H2,1-2H3,(H,14,15). The zero-order valence-corrected chi connectivity index (χ0v) is 9.60. The SMILES string of the molecule is Cc1ccc2c(c1)C(O)(CC(=O)O)C(=O)N2C. The largest absolute Gasteiger partial charge is 0.481 e. The molecule has 0 saturated heterocycles. The number of hydrogen-bond donors (Lipinski definition) is 2. The topological polar surface area (TPSA) is 77.8 Å². The van der Waals surface area contributed by atoms with Crippen molar-refractivity contribution in [3.63, 3.8) is 0 Å². The van der Waals surface area contributed by atoms with Gasteiger partial charge in [-0.3, -0.25) is 9.59 Å². The van der Waals surface area contributed by atoms with Crippen LogP contribution in [0.3, 0.4) is 0 Å². The van der Waals surface area contributed by atoms with E-state index in [0.29, 0.717) is 11.3 Å². The van der Waals surface area contributed by atoms with Crippen LogP contribution in [0.4, 0.5) is 5.69 Å². The molecule has 1 unspecified atom stereocenters. The molecule has 0 radical (unpaired) electrons. The maximum Gasteiger partial charge on any atom is 0.307 e. The first-order valence-corrected chi connectivity index (χ1v) is 5.20. The lowest BCUT2D eigenvalue weighted by Crippen LogP contribution is -2.40. The lowest BCUT2D eigenvalue weighted by Gasteiger charge is -2.19. The molecule has 1 aliphatic rings. The van der Waals surface area contributed by atoms with E-state index in [9.17, 15) is 14.7 Å². The second kappa shape index (κ2) is 3.56. The number of fused-ring (bicyclic) bond motifs is 1. The molecule has 1 aliphatic heterocycles. The van der Waals surface area contributed by atoms with Crippen molar-refractivity contribution >= 4 is 17.6 Å². The van der Waals surface area contributed by atoms with Crippen molar-refractivity contribution < 1.29 is 19.8 Å². The van der Waals surface area contributed by atoms with Gasteiger partial charge in [-0.2, -0.15) is 0 Å². The van der Waals surface area contributed by atoms with Crippen LogP contribution in [0.25, 0.3) is 0 Å². The molecule has 2 N–H and O–H groups in total. The molecule has 17 heavy (non-hydrogen) atoms. The van der Waals surface area contributed by atoms with Crippen LogP contribution >= 0.6 is 0 Å². The van der Waals surface area contributed by atoms with Gasteiger partial charge in [0.15, 0.2) is 5.60 Å². The Morgan fingerprint density at radius 2 is 2.12 bits per heavy atom. The maximum absolute atomic E-state index is 11.9. The Bertz CT molecular complexity index is 511. The van der Waals surface area contributed by atoms with E-state index >= 15 is 0 Å².